The molecule has 134 valence electrons. The van der Waals surface area contributed by atoms with Crippen LogP contribution >= 0.6 is 11.6 Å². The number of hydrogen-bond acceptors (Lipinski definition) is 4. The summed E-state index contributed by atoms with van der Waals surface area (Å²) in [6.07, 6.45) is 2.49. The van der Waals surface area contributed by atoms with Crippen molar-refractivity contribution in [3.8, 4) is 0 Å². The Kier molecular flexibility index (Phi) is 6.11. The van der Waals surface area contributed by atoms with Gasteiger partial charge in [0, 0.05) is 29.4 Å². The number of rotatable bonds is 8. The van der Waals surface area contributed by atoms with Crippen LogP contribution in [0.5, 0.6) is 0 Å². The normalized spacial score (nSPS) is 10.3. The highest BCUT2D eigenvalue weighted by molar-refractivity contribution is 6.30. The number of nitrogens with one attached hydrogen (secondary N) is 4. The van der Waals surface area contributed by atoms with Crippen LogP contribution in [0.2, 0.25) is 5.02 Å². The molecule has 0 atom stereocenters. The van der Waals surface area contributed by atoms with E-state index in [0.29, 0.717) is 23.7 Å². The monoisotopic (exact) mass is 369 g/mol. The molecule has 3 aromatic rings. The number of H-pyrrole nitrogens is 1. The van der Waals surface area contributed by atoms with Crippen LogP contribution in [-0.4, -0.2) is 29.2 Å². The summed E-state index contributed by atoms with van der Waals surface area (Å²) >= 11 is 6.00. The average molecular weight is 370 g/mol. The highest BCUT2D eigenvalue weighted by Gasteiger charge is 2.06. The van der Waals surface area contributed by atoms with Crippen LogP contribution in [0.4, 0.5) is 17.2 Å². The molecule has 0 unspecified atom stereocenters. The largest absolute Gasteiger partial charge is 0.369 e. The molecule has 3 rings (SSSR count). The number of halogens is 1. The maximum atomic E-state index is 12.0. The summed E-state index contributed by atoms with van der Waals surface area (Å²) in [6, 6.07) is 16.7. The Labute approximate surface area is 157 Å². The first-order chi connectivity index (χ1) is 12.7. The lowest BCUT2D eigenvalue weighted by Gasteiger charge is -2.10. The minimum atomic E-state index is -0.0598. The molecule has 0 bridgehead atoms. The topological polar surface area (TPSA) is 81.8 Å². The molecule has 0 saturated carbocycles. The Hall–Kier alpha value is -2.99. The van der Waals surface area contributed by atoms with Crippen LogP contribution in [0.3, 0.4) is 0 Å². The Morgan fingerprint density at radius 1 is 1.08 bits per heavy atom. The number of aromatic amines is 1. The van der Waals surface area contributed by atoms with Crippen molar-refractivity contribution < 1.29 is 4.79 Å². The third kappa shape index (κ3) is 5.00. The molecule has 1 heterocycles. The van der Waals surface area contributed by atoms with Crippen LogP contribution in [0.15, 0.2) is 60.8 Å². The molecule has 1 aromatic heterocycles. The molecular weight excluding hydrogens is 350 g/mol. The van der Waals surface area contributed by atoms with Crippen molar-refractivity contribution in [2.45, 2.75) is 6.42 Å². The van der Waals surface area contributed by atoms with Crippen molar-refractivity contribution in [3.63, 3.8) is 0 Å². The fourth-order valence-corrected chi connectivity index (χ4v) is 2.62. The van der Waals surface area contributed by atoms with Crippen LogP contribution in [0.1, 0.15) is 16.8 Å². The predicted molar refractivity (Wildman–Crippen MR) is 105 cm³/mol. The molecular formula is C19H20ClN5O. The van der Waals surface area contributed by atoms with Crippen LogP contribution in [0.25, 0.3) is 0 Å². The fraction of sp³-hybridized carbons (Fsp3) is 0.158. The molecule has 0 radical (unpaired) electrons. The van der Waals surface area contributed by atoms with Crippen LogP contribution in [0, 0.1) is 0 Å². The molecule has 26 heavy (non-hydrogen) atoms. The first-order valence-corrected chi connectivity index (χ1v) is 8.73. The van der Waals surface area contributed by atoms with Gasteiger partial charge in [0.15, 0.2) is 0 Å². The lowest BCUT2D eigenvalue weighted by molar-refractivity contribution is 0.0953. The summed E-state index contributed by atoms with van der Waals surface area (Å²) in [5, 5.41) is 17.1. The van der Waals surface area contributed by atoms with Gasteiger partial charge < -0.3 is 16.0 Å². The predicted octanol–water partition coefficient (Wildman–Crippen LogP) is 4.04. The highest BCUT2D eigenvalue weighted by Crippen LogP contribution is 2.24. The maximum absolute atomic E-state index is 12.0. The van der Waals surface area contributed by atoms with Gasteiger partial charge in [-0.15, -0.1) is 0 Å². The van der Waals surface area contributed by atoms with E-state index in [1.54, 1.807) is 18.3 Å². The second-order valence-corrected chi connectivity index (χ2v) is 6.13. The second kappa shape index (κ2) is 8.92. The first-order valence-electron chi connectivity index (χ1n) is 8.35. The van der Waals surface area contributed by atoms with E-state index in [0.717, 1.165) is 23.6 Å². The molecule has 7 heteroatoms. The molecule has 0 aliphatic rings. The van der Waals surface area contributed by atoms with Crippen LogP contribution < -0.4 is 16.0 Å². The summed E-state index contributed by atoms with van der Waals surface area (Å²) in [7, 11) is 0. The molecule has 4 N–H and O–H groups in total. The van der Waals surface area contributed by atoms with E-state index < -0.39 is 0 Å². The van der Waals surface area contributed by atoms with Gasteiger partial charge in [0.05, 0.1) is 6.20 Å². The minimum absolute atomic E-state index is 0.0598. The van der Waals surface area contributed by atoms with E-state index >= 15 is 0 Å². The van der Waals surface area contributed by atoms with E-state index in [1.807, 2.05) is 42.5 Å². The molecule has 0 aliphatic carbocycles. The number of carbonyl (C=O) groups excluding carboxylic acids is 1. The molecule has 6 nitrogen and oxygen atoms in total. The van der Waals surface area contributed by atoms with E-state index in [4.69, 9.17) is 11.6 Å². The summed E-state index contributed by atoms with van der Waals surface area (Å²) in [6.45, 7) is 1.29. The molecule has 2 aromatic carbocycles. The Bertz CT molecular complexity index is 850. The summed E-state index contributed by atoms with van der Waals surface area (Å²) < 4.78 is 0. The zero-order valence-electron chi connectivity index (χ0n) is 14.1. The van der Waals surface area contributed by atoms with E-state index in [9.17, 15) is 4.79 Å². The number of anilines is 3. The number of nitrogens with zero attached hydrogens (tertiary/aromatic N) is 1. The highest BCUT2D eigenvalue weighted by atomic mass is 35.5. The molecule has 0 aliphatic heterocycles. The molecule has 0 spiro atoms. The number of carbonyl (C=O) groups is 1. The lowest BCUT2D eigenvalue weighted by atomic mass is 10.2. The van der Waals surface area contributed by atoms with Crippen molar-refractivity contribution in [1.29, 1.82) is 0 Å². The number of benzene rings is 2. The van der Waals surface area contributed by atoms with E-state index in [1.165, 1.54) is 0 Å². The van der Waals surface area contributed by atoms with Crippen molar-refractivity contribution in [2.75, 3.05) is 23.7 Å². The Morgan fingerprint density at radius 3 is 2.73 bits per heavy atom. The Morgan fingerprint density at radius 2 is 1.92 bits per heavy atom. The smallest absolute Gasteiger partial charge is 0.251 e. The van der Waals surface area contributed by atoms with Crippen molar-refractivity contribution in [3.05, 3.63) is 71.4 Å². The summed E-state index contributed by atoms with van der Waals surface area (Å²) in [5.74, 6) is 0.731. The molecule has 1 amide bonds. The van der Waals surface area contributed by atoms with Gasteiger partial charge in [-0.05, 0) is 36.8 Å². The molecule has 0 fully saturated rings. The van der Waals surface area contributed by atoms with Gasteiger partial charge in [0.1, 0.15) is 11.5 Å². The molecule has 0 saturated heterocycles. The third-order valence-corrected chi connectivity index (χ3v) is 3.95. The van der Waals surface area contributed by atoms with E-state index in [2.05, 4.69) is 26.1 Å². The quantitative estimate of drug-likeness (QED) is 0.452. The van der Waals surface area contributed by atoms with Gasteiger partial charge in [-0.1, -0.05) is 35.9 Å². The minimum Gasteiger partial charge on any atom is -0.369 e. The van der Waals surface area contributed by atoms with Gasteiger partial charge >= 0.3 is 0 Å². The van der Waals surface area contributed by atoms with Crippen molar-refractivity contribution in [2.24, 2.45) is 0 Å². The van der Waals surface area contributed by atoms with Crippen molar-refractivity contribution >= 4 is 34.7 Å². The van der Waals surface area contributed by atoms with E-state index in [-0.39, 0.29) is 5.91 Å². The summed E-state index contributed by atoms with van der Waals surface area (Å²) in [4.78, 5) is 12.0. The third-order valence-electron chi connectivity index (χ3n) is 3.72. The average Bonchev–Trinajstić information content (AvgIpc) is 3.09. The van der Waals surface area contributed by atoms with Gasteiger partial charge in [-0.25, -0.2) is 0 Å². The zero-order valence-corrected chi connectivity index (χ0v) is 14.9. The lowest BCUT2D eigenvalue weighted by Crippen LogP contribution is -2.25. The number of aromatic nitrogens is 2. The van der Waals surface area contributed by atoms with Crippen LogP contribution in [-0.2, 0) is 0 Å². The summed E-state index contributed by atoms with van der Waals surface area (Å²) in [5.41, 5.74) is 2.39. The SMILES string of the molecule is O=C(NCCCNc1[nH]ncc1Nc1cccc(Cl)c1)c1ccccc1. The van der Waals surface area contributed by atoms with Gasteiger partial charge in [-0.3, -0.25) is 9.89 Å². The van der Waals surface area contributed by atoms with Gasteiger partial charge in [0.25, 0.3) is 5.91 Å². The standard InChI is InChI=1S/C19H20ClN5O/c20-15-8-4-9-16(12-15)24-17-13-23-25-18(17)21-10-5-11-22-19(26)14-6-2-1-3-7-14/h1-4,6-9,12-13,24H,5,10-11H2,(H,22,26)(H2,21,23,25). The van der Waals surface area contributed by atoms with Gasteiger partial charge in [-0.2, -0.15) is 5.10 Å². The fourth-order valence-electron chi connectivity index (χ4n) is 2.43. The first kappa shape index (κ1) is 17.8. The number of amides is 1. The zero-order chi connectivity index (χ0) is 18.2. The maximum Gasteiger partial charge on any atom is 0.251 e. The number of hydrogen-bond donors (Lipinski definition) is 4. The van der Waals surface area contributed by atoms with Gasteiger partial charge in [0.2, 0.25) is 0 Å². The Balaban J connectivity index is 1.43. The second-order valence-electron chi connectivity index (χ2n) is 5.70. The van der Waals surface area contributed by atoms with Crippen molar-refractivity contribution in [1.82, 2.24) is 15.5 Å².